The Balaban J connectivity index is 1.61. The summed E-state index contributed by atoms with van der Waals surface area (Å²) in [5, 5.41) is 11.5. The Hall–Kier alpha value is -2.21. The lowest BCUT2D eigenvalue weighted by Gasteiger charge is -2.33. The van der Waals surface area contributed by atoms with E-state index in [9.17, 15) is 4.79 Å². The van der Waals surface area contributed by atoms with Crippen LogP contribution >= 0.6 is 11.6 Å². The van der Waals surface area contributed by atoms with Crippen LogP contribution < -0.4 is 10.2 Å². The highest BCUT2D eigenvalue weighted by atomic mass is 35.5. The minimum Gasteiger partial charge on any atom is -0.354 e. The van der Waals surface area contributed by atoms with Crippen LogP contribution in [-0.2, 0) is 4.79 Å². The average Bonchev–Trinajstić information content (AvgIpc) is 2.63. The molecule has 1 aliphatic heterocycles. The van der Waals surface area contributed by atoms with Gasteiger partial charge in [-0.05, 0) is 49.6 Å². The van der Waals surface area contributed by atoms with Gasteiger partial charge in [0, 0.05) is 25.5 Å². The second kappa shape index (κ2) is 7.57. The maximum atomic E-state index is 12.6. The van der Waals surface area contributed by atoms with Gasteiger partial charge in [-0.25, -0.2) is 0 Å². The molecule has 2 atom stereocenters. The summed E-state index contributed by atoms with van der Waals surface area (Å²) < 4.78 is 0. The molecular formula is C17H20ClN5O. The van der Waals surface area contributed by atoms with Crippen molar-refractivity contribution < 1.29 is 4.79 Å². The molecule has 2 aromatic rings. The molecule has 1 amide bonds. The van der Waals surface area contributed by atoms with Crippen molar-refractivity contribution in [1.82, 2.24) is 20.5 Å². The van der Waals surface area contributed by atoms with E-state index in [1.165, 1.54) is 0 Å². The van der Waals surface area contributed by atoms with Crippen molar-refractivity contribution in [3.8, 4) is 0 Å². The first-order valence-electron chi connectivity index (χ1n) is 8.08. The summed E-state index contributed by atoms with van der Waals surface area (Å²) in [6, 6.07) is 7.36. The standard InChI is InChI=1S/C17H20ClN5O/c1-12(13-6-8-19-9-7-13)20-17(24)14-3-2-10-23(11-14)16-5-4-15(18)21-22-16/h4-9,12,14H,2-3,10-11H2,1H3,(H,20,24)/t12-,14-/m1/s1. The number of aromatic nitrogens is 3. The highest BCUT2D eigenvalue weighted by Crippen LogP contribution is 2.23. The van der Waals surface area contributed by atoms with Crippen molar-refractivity contribution in [2.75, 3.05) is 18.0 Å². The molecule has 0 radical (unpaired) electrons. The van der Waals surface area contributed by atoms with Crippen LogP contribution in [0.3, 0.4) is 0 Å². The highest BCUT2D eigenvalue weighted by molar-refractivity contribution is 6.29. The Morgan fingerprint density at radius 2 is 2.08 bits per heavy atom. The summed E-state index contributed by atoms with van der Waals surface area (Å²) in [5.41, 5.74) is 1.05. The Morgan fingerprint density at radius 3 is 2.79 bits per heavy atom. The zero-order chi connectivity index (χ0) is 16.9. The van der Waals surface area contributed by atoms with Crippen molar-refractivity contribution >= 4 is 23.3 Å². The van der Waals surface area contributed by atoms with E-state index in [0.29, 0.717) is 11.7 Å². The average molecular weight is 346 g/mol. The van der Waals surface area contributed by atoms with Gasteiger partial charge in [0.25, 0.3) is 0 Å². The van der Waals surface area contributed by atoms with E-state index >= 15 is 0 Å². The van der Waals surface area contributed by atoms with Crippen LogP contribution in [0, 0.1) is 5.92 Å². The Bertz CT molecular complexity index is 679. The fourth-order valence-corrected chi connectivity index (χ4v) is 3.04. The topological polar surface area (TPSA) is 71.0 Å². The summed E-state index contributed by atoms with van der Waals surface area (Å²) in [5.74, 6) is 0.783. The molecule has 3 rings (SSSR count). The number of carbonyl (C=O) groups excluding carboxylic acids is 1. The summed E-state index contributed by atoms with van der Waals surface area (Å²) >= 11 is 5.78. The minimum atomic E-state index is -0.0551. The lowest BCUT2D eigenvalue weighted by Crippen LogP contribution is -2.44. The molecule has 0 spiro atoms. The molecule has 7 heteroatoms. The van der Waals surface area contributed by atoms with Crippen LogP contribution in [0.1, 0.15) is 31.4 Å². The number of halogens is 1. The number of hydrogen-bond donors (Lipinski definition) is 1. The third-order valence-corrected chi connectivity index (χ3v) is 4.50. The lowest BCUT2D eigenvalue weighted by molar-refractivity contribution is -0.125. The number of rotatable bonds is 4. The Morgan fingerprint density at radius 1 is 1.29 bits per heavy atom. The first-order chi connectivity index (χ1) is 11.6. The highest BCUT2D eigenvalue weighted by Gasteiger charge is 2.27. The molecule has 0 unspecified atom stereocenters. The fraction of sp³-hybridized carbons (Fsp3) is 0.412. The van der Waals surface area contributed by atoms with E-state index in [1.807, 2.05) is 25.1 Å². The molecule has 24 heavy (non-hydrogen) atoms. The van der Waals surface area contributed by atoms with Gasteiger partial charge in [-0.2, -0.15) is 0 Å². The molecule has 6 nitrogen and oxygen atoms in total. The van der Waals surface area contributed by atoms with Crippen LogP contribution in [0.15, 0.2) is 36.7 Å². The van der Waals surface area contributed by atoms with Gasteiger partial charge in [0.1, 0.15) is 0 Å². The predicted molar refractivity (Wildman–Crippen MR) is 92.8 cm³/mol. The molecule has 3 heterocycles. The molecule has 1 saturated heterocycles. The minimum absolute atomic E-state index is 0.0359. The first-order valence-corrected chi connectivity index (χ1v) is 8.46. The third-order valence-electron chi connectivity index (χ3n) is 4.30. The van der Waals surface area contributed by atoms with Crippen LogP contribution in [0.4, 0.5) is 5.82 Å². The van der Waals surface area contributed by atoms with Crippen molar-refractivity contribution in [1.29, 1.82) is 0 Å². The van der Waals surface area contributed by atoms with Gasteiger partial charge < -0.3 is 10.2 Å². The third kappa shape index (κ3) is 4.00. The number of nitrogens with zero attached hydrogens (tertiary/aromatic N) is 4. The molecule has 0 aliphatic carbocycles. The van der Waals surface area contributed by atoms with E-state index in [2.05, 4.69) is 25.4 Å². The monoisotopic (exact) mass is 345 g/mol. The molecule has 1 N–H and O–H groups in total. The van der Waals surface area contributed by atoms with Crippen molar-refractivity contribution in [3.05, 3.63) is 47.4 Å². The number of piperidine rings is 1. The first kappa shape index (κ1) is 16.6. The summed E-state index contributed by atoms with van der Waals surface area (Å²) in [7, 11) is 0. The second-order valence-electron chi connectivity index (χ2n) is 6.01. The number of amides is 1. The number of hydrogen-bond acceptors (Lipinski definition) is 5. The van der Waals surface area contributed by atoms with Crippen molar-refractivity contribution in [2.45, 2.75) is 25.8 Å². The molecule has 0 saturated carbocycles. The van der Waals surface area contributed by atoms with E-state index < -0.39 is 0 Å². The maximum absolute atomic E-state index is 12.6. The maximum Gasteiger partial charge on any atom is 0.225 e. The van der Waals surface area contributed by atoms with E-state index in [1.54, 1.807) is 18.5 Å². The fourth-order valence-electron chi connectivity index (χ4n) is 2.94. The van der Waals surface area contributed by atoms with Gasteiger partial charge in [0.2, 0.25) is 5.91 Å². The number of anilines is 1. The van der Waals surface area contributed by atoms with Crippen molar-refractivity contribution in [2.24, 2.45) is 5.92 Å². The van der Waals surface area contributed by atoms with Gasteiger partial charge in [0.15, 0.2) is 11.0 Å². The zero-order valence-electron chi connectivity index (χ0n) is 13.5. The van der Waals surface area contributed by atoms with Crippen LogP contribution in [0.5, 0.6) is 0 Å². The molecule has 1 fully saturated rings. The summed E-state index contributed by atoms with van der Waals surface area (Å²) in [6.07, 6.45) is 5.30. The molecule has 1 aliphatic rings. The molecular weight excluding hydrogens is 326 g/mol. The zero-order valence-corrected chi connectivity index (χ0v) is 14.3. The molecule has 0 aromatic carbocycles. The summed E-state index contributed by atoms with van der Waals surface area (Å²) in [4.78, 5) is 18.7. The SMILES string of the molecule is C[C@@H](NC(=O)[C@@H]1CCCN(c2ccc(Cl)nn2)C1)c1ccncc1. The van der Waals surface area contributed by atoms with Gasteiger partial charge in [-0.15, -0.1) is 10.2 Å². The molecule has 2 aromatic heterocycles. The Labute approximate surface area is 146 Å². The van der Waals surface area contributed by atoms with E-state index in [-0.39, 0.29) is 17.9 Å². The van der Waals surface area contributed by atoms with Crippen LogP contribution in [0.25, 0.3) is 0 Å². The number of carbonyl (C=O) groups is 1. The van der Waals surface area contributed by atoms with Gasteiger partial charge >= 0.3 is 0 Å². The number of pyridine rings is 1. The quantitative estimate of drug-likeness (QED) is 0.922. The van der Waals surface area contributed by atoms with Gasteiger partial charge in [0.05, 0.1) is 12.0 Å². The molecule has 126 valence electrons. The lowest BCUT2D eigenvalue weighted by atomic mass is 9.96. The van der Waals surface area contributed by atoms with Gasteiger partial charge in [-0.3, -0.25) is 9.78 Å². The Kier molecular flexibility index (Phi) is 5.25. The van der Waals surface area contributed by atoms with Crippen LogP contribution in [0.2, 0.25) is 5.15 Å². The molecule has 0 bridgehead atoms. The predicted octanol–water partition coefficient (Wildman–Crippen LogP) is 2.62. The van der Waals surface area contributed by atoms with Crippen molar-refractivity contribution in [3.63, 3.8) is 0 Å². The van der Waals surface area contributed by atoms with E-state index in [0.717, 1.165) is 30.8 Å². The number of nitrogens with one attached hydrogen (secondary N) is 1. The second-order valence-corrected chi connectivity index (χ2v) is 6.40. The summed E-state index contributed by atoms with van der Waals surface area (Å²) in [6.45, 7) is 3.50. The van der Waals surface area contributed by atoms with Gasteiger partial charge in [-0.1, -0.05) is 11.6 Å². The normalized spacial score (nSPS) is 18.9. The van der Waals surface area contributed by atoms with E-state index in [4.69, 9.17) is 11.6 Å². The smallest absolute Gasteiger partial charge is 0.225 e. The largest absolute Gasteiger partial charge is 0.354 e. The van der Waals surface area contributed by atoms with Crippen LogP contribution in [-0.4, -0.2) is 34.2 Å².